The Morgan fingerprint density at radius 1 is 1.05 bits per heavy atom. The minimum absolute atomic E-state index is 0.321. The molecule has 1 saturated carbocycles. The molecule has 0 spiro atoms. The van der Waals surface area contributed by atoms with E-state index in [-0.39, 0.29) is 0 Å². The second-order valence-corrected chi connectivity index (χ2v) is 5.65. The van der Waals surface area contributed by atoms with Crippen molar-refractivity contribution in [3.05, 3.63) is 0 Å². The fourth-order valence-corrected chi connectivity index (χ4v) is 3.28. The van der Waals surface area contributed by atoms with Crippen molar-refractivity contribution >= 4 is 0 Å². The molecule has 0 radical (unpaired) electrons. The first-order valence-corrected chi connectivity index (χ1v) is 8.16. The summed E-state index contributed by atoms with van der Waals surface area (Å²) in [7, 11) is 1.69. The Kier molecular flexibility index (Phi) is 8.69. The third-order valence-corrected chi connectivity index (χ3v) is 4.72. The number of nitrogens with one attached hydrogen (secondary N) is 1. The Morgan fingerprint density at radius 2 is 1.75 bits per heavy atom. The van der Waals surface area contributed by atoms with Crippen LogP contribution in [0.4, 0.5) is 0 Å². The highest BCUT2D eigenvalue weighted by Crippen LogP contribution is 2.48. The minimum Gasteiger partial charge on any atom is -0.382 e. The van der Waals surface area contributed by atoms with Crippen molar-refractivity contribution in [3.8, 4) is 0 Å². The molecule has 0 saturated heterocycles. The molecule has 2 unspecified atom stereocenters. The molecule has 2 atom stereocenters. The molecule has 1 aliphatic carbocycles. The lowest BCUT2D eigenvalue weighted by Crippen LogP contribution is -2.63. The average Bonchev–Trinajstić information content (AvgIpc) is 2.45. The van der Waals surface area contributed by atoms with E-state index in [0.29, 0.717) is 44.0 Å². The minimum atomic E-state index is 0.321. The fourth-order valence-electron chi connectivity index (χ4n) is 3.28. The highest BCUT2D eigenvalue weighted by atomic mass is 16.5. The molecule has 0 amide bonds. The van der Waals surface area contributed by atoms with E-state index in [9.17, 15) is 0 Å². The molecular formula is C16H33NO3. The van der Waals surface area contributed by atoms with Crippen molar-refractivity contribution in [2.45, 2.75) is 58.6 Å². The van der Waals surface area contributed by atoms with Gasteiger partial charge >= 0.3 is 0 Å². The maximum atomic E-state index is 6.06. The van der Waals surface area contributed by atoms with Crippen molar-refractivity contribution in [2.24, 2.45) is 5.41 Å². The molecule has 4 nitrogen and oxygen atoms in total. The Bertz CT molecular complexity index is 244. The van der Waals surface area contributed by atoms with E-state index < -0.39 is 0 Å². The van der Waals surface area contributed by atoms with Crippen molar-refractivity contribution < 1.29 is 14.2 Å². The monoisotopic (exact) mass is 287 g/mol. The van der Waals surface area contributed by atoms with E-state index in [1.54, 1.807) is 7.11 Å². The molecule has 120 valence electrons. The molecule has 0 bridgehead atoms. The molecule has 0 aromatic carbocycles. The van der Waals surface area contributed by atoms with Crippen LogP contribution in [0.2, 0.25) is 0 Å². The Labute approximate surface area is 124 Å². The number of ether oxygens (including phenoxy) is 3. The summed E-state index contributed by atoms with van der Waals surface area (Å²) in [6, 6.07) is 0.622. The van der Waals surface area contributed by atoms with Crippen LogP contribution >= 0.6 is 0 Å². The van der Waals surface area contributed by atoms with E-state index in [1.807, 2.05) is 0 Å². The van der Waals surface area contributed by atoms with Crippen molar-refractivity contribution in [2.75, 3.05) is 40.1 Å². The van der Waals surface area contributed by atoms with Crippen molar-refractivity contribution in [1.29, 1.82) is 0 Å². The van der Waals surface area contributed by atoms with E-state index in [4.69, 9.17) is 14.2 Å². The second-order valence-electron chi connectivity index (χ2n) is 5.65. The molecule has 1 aliphatic rings. The predicted octanol–water partition coefficient (Wildman–Crippen LogP) is 2.61. The van der Waals surface area contributed by atoms with Crippen LogP contribution in [-0.2, 0) is 14.2 Å². The van der Waals surface area contributed by atoms with Gasteiger partial charge in [-0.3, -0.25) is 0 Å². The molecule has 0 aromatic rings. The lowest BCUT2D eigenvalue weighted by atomic mass is 9.58. The topological polar surface area (TPSA) is 39.7 Å². The van der Waals surface area contributed by atoms with Gasteiger partial charge in [0.25, 0.3) is 0 Å². The lowest BCUT2D eigenvalue weighted by Gasteiger charge is -2.55. The van der Waals surface area contributed by atoms with Gasteiger partial charge in [-0.1, -0.05) is 20.8 Å². The summed E-state index contributed by atoms with van der Waals surface area (Å²) in [6.45, 7) is 10.6. The fraction of sp³-hybridized carbons (Fsp3) is 1.00. The quantitative estimate of drug-likeness (QED) is 0.560. The maximum Gasteiger partial charge on any atom is 0.0704 e. The largest absolute Gasteiger partial charge is 0.382 e. The highest BCUT2D eigenvalue weighted by Gasteiger charge is 2.52. The Hall–Kier alpha value is -0.160. The molecule has 1 fully saturated rings. The van der Waals surface area contributed by atoms with Crippen LogP contribution in [0.15, 0.2) is 0 Å². The van der Waals surface area contributed by atoms with Gasteiger partial charge in [0.15, 0.2) is 0 Å². The predicted molar refractivity (Wildman–Crippen MR) is 82.1 cm³/mol. The molecule has 4 heteroatoms. The van der Waals surface area contributed by atoms with Crippen LogP contribution in [0.5, 0.6) is 0 Å². The number of rotatable bonds is 12. The molecule has 0 aliphatic heterocycles. The number of methoxy groups -OCH3 is 1. The molecule has 0 heterocycles. The summed E-state index contributed by atoms with van der Waals surface area (Å²) in [4.78, 5) is 0. The summed E-state index contributed by atoms with van der Waals surface area (Å²) in [5.74, 6) is 0. The highest BCUT2D eigenvalue weighted by molar-refractivity contribution is 5.06. The third kappa shape index (κ3) is 4.42. The number of hydrogen-bond acceptors (Lipinski definition) is 4. The van der Waals surface area contributed by atoms with Gasteiger partial charge < -0.3 is 19.5 Å². The van der Waals surface area contributed by atoms with E-state index >= 15 is 0 Å². The second kappa shape index (κ2) is 9.72. The molecule has 20 heavy (non-hydrogen) atoms. The zero-order valence-corrected chi connectivity index (χ0v) is 13.7. The maximum absolute atomic E-state index is 6.06. The Balaban J connectivity index is 2.27. The van der Waals surface area contributed by atoms with Crippen LogP contribution < -0.4 is 5.32 Å². The van der Waals surface area contributed by atoms with Crippen LogP contribution in [0.3, 0.4) is 0 Å². The molecular weight excluding hydrogens is 254 g/mol. The number of hydrogen-bond donors (Lipinski definition) is 1. The standard InChI is InChI=1S/C16H33NO3/c1-5-8-17-14-13-15(16(14,6-2)7-3)20-12-11-19-10-9-18-4/h14-15,17H,5-13H2,1-4H3. The van der Waals surface area contributed by atoms with Crippen LogP contribution in [0.25, 0.3) is 0 Å². The van der Waals surface area contributed by atoms with E-state index in [0.717, 1.165) is 13.0 Å². The van der Waals surface area contributed by atoms with Gasteiger partial charge in [0.1, 0.15) is 0 Å². The Morgan fingerprint density at radius 3 is 2.35 bits per heavy atom. The summed E-state index contributed by atoms with van der Waals surface area (Å²) < 4.78 is 16.5. The van der Waals surface area contributed by atoms with Gasteiger partial charge in [0.2, 0.25) is 0 Å². The van der Waals surface area contributed by atoms with Gasteiger partial charge in [0, 0.05) is 18.6 Å². The molecule has 1 rings (SSSR count). The van der Waals surface area contributed by atoms with Gasteiger partial charge in [-0.05, 0) is 32.2 Å². The first-order chi connectivity index (χ1) is 9.75. The zero-order valence-electron chi connectivity index (χ0n) is 13.7. The van der Waals surface area contributed by atoms with Gasteiger partial charge in [0.05, 0.1) is 32.5 Å². The van der Waals surface area contributed by atoms with Crippen molar-refractivity contribution in [1.82, 2.24) is 5.32 Å². The van der Waals surface area contributed by atoms with Crippen LogP contribution in [0.1, 0.15) is 46.5 Å². The summed E-state index contributed by atoms with van der Waals surface area (Å²) in [5.41, 5.74) is 0.321. The first-order valence-electron chi connectivity index (χ1n) is 8.16. The van der Waals surface area contributed by atoms with E-state index in [2.05, 4.69) is 26.1 Å². The van der Waals surface area contributed by atoms with E-state index in [1.165, 1.54) is 19.3 Å². The smallest absolute Gasteiger partial charge is 0.0704 e. The zero-order chi connectivity index (χ0) is 14.8. The summed E-state index contributed by atoms with van der Waals surface area (Å²) in [6.07, 6.45) is 5.08. The van der Waals surface area contributed by atoms with Gasteiger partial charge in [-0.2, -0.15) is 0 Å². The van der Waals surface area contributed by atoms with Crippen LogP contribution in [0, 0.1) is 5.41 Å². The summed E-state index contributed by atoms with van der Waals surface area (Å²) in [5, 5.41) is 3.68. The van der Waals surface area contributed by atoms with Gasteiger partial charge in [-0.15, -0.1) is 0 Å². The van der Waals surface area contributed by atoms with Crippen LogP contribution in [-0.4, -0.2) is 52.2 Å². The molecule has 0 aromatic heterocycles. The lowest BCUT2D eigenvalue weighted by molar-refractivity contribution is -0.148. The summed E-state index contributed by atoms with van der Waals surface area (Å²) >= 11 is 0. The van der Waals surface area contributed by atoms with Gasteiger partial charge in [-0.25, -0.2) is 0 Å². The first kappa shape index (κ1) is 17.9. The molecule has 1 N–H and O–H groups in total. The van der Waals surface area contributed by atoms with Crippen molar-refractivity contribution in [3.63, 3.8) is 0 Å². The SMILES string of the molecule is CCCNC1CC(OCCOCCOC)C1(CC)CC. The average molecular weight is 287 g/mol. The normalized spacial score (nSPS) is 24.6. The third-order valence-electron chi connectivity index (χ3n) is 4.72.